The fraction of sp³-hybridized carbons (Fsp3) is 0.381. The van der Waals surface area contributed by atoms with Gasteiger partial charge in [0, 0.05) is 18.3 Å². The van der Waals surface area contributed by atoms with Crippen LogP contribution in [0.3, 0.4) is 0 Å². The molecule has 24 heavy (non-hydrogen) atoms. The number of hydrogen-bond donors (Lipinski definition) is 1. The third kappa shape index (κ3) is 4.35. The predicted molar refractivity (Wildman–Crippen MR) is 106 cm³/mol. The molecule has 1 aliphatic carbocycles. The first-order chi connectivity index (χ1) is 11.7. The van der Waals surface area contributed by atoms with Crippen LogP contribution in [0.15, 0.2) is 54.6 Å². The van der Waals surface area contributed by atoms with Crippen molar-refractivity contribution in [1.82, 2.24) is 4.90 Å². The van der Waals surface area contributed by atoms with E-state index in [-0.39, 0.29) is 0 Å². The highest BCUT2D eigenvalue weighted by Gasteiger charge is 2.33. The molecular formula is C21H26N2S. The predicted octanol–water partition coefficient (Wildman–Crippen LogP) is 5.25. The topological polar surface area (TPSA) is 15.3 Å². The van der Waals surface area contributed by atoms with Crippen LogP contribution >= 0.6 is 12.2 Å². The van der Waals surface area contributed by atoms with Crippen molar-refractivity contribution < 1.29 is 0 Å². The molecule has 0 aliphatic heterocycles. The monoisotopic (exact) mass is 338 g/mol. The molecule has 3 rings (SSSR count). The Hall–Kier alpha value is -1.87. The van der Waals surface area contributed by atoms with Crippen LogP contribution in [0.1, 0.15) is 37.8 Å². The molecule has 3 heteroatoms. The van der Waals surface area contributed by atoms with Crippen LogP contribution in [0.2, 0.25) is 0 Å². The zero-order chi connectivity index (χ0) is 16.9. The number of thiocarbonyl (C=S) groups is 1. The lowest BCUT2D eigenvalue weighted by Gasteiger charge is -2.32. The molecule has 126 valence electrons. The summed E-state index contributed by atoms with van der Waals surface area (Å²) in [7, 11) is 0. The molecule has 0 saturated heterocycles. The van der Waals surface area contributed by atoms with E-state index in [0.717, 1.165) is 29.7 Å². The van der Waals surface area contributed by atoms with Crippen LogP contribution in [0, 0.1) is 5.92 Å². The first-order valence-electron chi connectivity index (χ1n) is 8.88. The number of benzene rings is 2. The Balaban J connectivity index is 1.72. The van der Waals surface area contributed by atoms with Gasteiger partial charge in [0.2, 0.25) is 0 Å². The van der Waals surface area contributed by atoms with Gasteiger partial charge in [-0.1, -0.05) is 49.4 Å². The van der Waals surface area contributed by atoms with Gasteiger partial charge >= 0.3 is 0 Å². The summed E-state index contributed by atoms with van der Waals surface area (Å²) in [5, 5.41) is 4.26. The quantitative estimate of drug-likeness (QED) is 0.725. The highest BCUT2D eigenvalue weighted by Crippen LogP contribution is 2.36. The van der Waals surface area contributed by atoms with Gasteiger partial charge in [-0.2, -0.15) is 0 Å². The smallest absolute Gasteiger partial charge is 0.173 e. The van der Waals surface area contributed by atoms with E-state index in [4.69, 9.17) is 12.2 Å². The molecule has 0 aromatic heterocycles. The standard InChI is InChI=1S/C21H26N2S/c1-3-17-9-13-20(14-10-17)22-21(24)23(16(2)19-11-12-19)15-18-7-5-4-6-8-18/h4-10,13-14,16,19H,3,11-12,15H2,1-2H3,(H,22,24). The second kappa shape index (κ2) is 7.80. The average molecular weight is 339 g/mol. The zero-order valence-corrected chi connectivity index (χ0v) is 15.4. The third-order valence-electron chi connectivity index (χ3n) is 4.87. The van der Waals surface area contributed by atoms with Crippen molar-refractivity contribution in [2.45, 2.75) is 45.7 Å². The summed E-state index contributed by atoms with van der Waals surface area (Å²) < 4.78 is 0. The molecule has 1 fully saturated rings. The summed E-state index contributed by atoms with van der Waals surface area (Å²) >= 11 is 5.76. The fourth-order valence-corrected chi connectivity index (χ4v) is 3.38. The Morgan fingerprint density at radius 1 is 1.08 bits per heavy atom. The number of hydrogen-bond acceptors (Lipinski definition) is 1. The van der Waals surface area contributed by atoms with Crippen LogP contribution in [0.5, 0.6) is 0 Å². The van der Waals surface area contributed by atoms with Crippen LogP contribution in [-0.2, 0) is 13.0 Å². The van der Waals surface area contributed by atoms with Crippen molar-refractivity contribution in [2.75, 3.05) is 5.32 Å². The Bertz CT molecular complexity index is 662. The molecule has 0 spiro atoms. The first kappa shape index (κ1) is 17.0. The zero-order valence-electron chi connectivity index (χ0n) is 14.5. The molecular weight excluding hydrogens is 312 g/mol. The van der Waals surface area contributed by atoms with E-state index in [0.29, 0.717) is 6.04 Å². The van der Waals surface area contributed by atoms with Gasteiger partial charge in [0.05, 0.1) is 0 Å². The second-order valence-corrected chi connectivity index (χ2v) is 7.06. The molecule has 1 unspecified atom stereocenters. The minimum atomic E-state index is 0.472. The van der Waals surface area contributed by atoms with Gasteiger partial charge in [0.25, 0.3) is 0 Å². The molecule has 0 heterocycles. The number of anilines is 1. The number of aryl methyl sites for hydroxylation is 1. The van der Waals surface area contributed by atoms with E-state index in [1.54, 1.807) is 0 Å². The van der Waals surface area contributed by atoms with Crippen LogP contribution in [0.4, 0.5) is 5.69 Å². The van der Waals surface area contributed by atoms with E-state index < -0.39 is 0 Å². The maximum atomic E-state index is 5.76. The second-order valence-electron chi connectivity index (χ2n) is 6.67. The van der Waals surface area contributed by atoms with Gasteiger partial charge < -0.3 is 10.2 Å². The van der Waals surface area contributed by atoms with Crippen molar-refractivity contribution in [3.05, 3.63) is 65.7 Å². The van der Waals surface area contributed by atoms with Crippen molar-refractivity contribution >= 4 is 23.0 Å². The summed E-state index contributed by atoms with van der Waals surface area (Å²) in [5.74, 6) is 0.774. The Kier molecular flexibility index (Phi) is 5.52. The minimum Gasteiger partial charge on any atom is -0.342 e. The van der Waals surface area contributed by atoms with E-state index in [1.165, 1.54) is 24.0 Å². The van der Waals surface area contributed by atoms with E-state index >= 15 is 0 Å². The molecule has 1 saturated carbocycles. The molecule has 2 nitrogen and oxygen atoms in total. The van der Waals surface area contributed by atoms with Crippen molar-refractivity contribution in [2.24, 2.45) is 5.92 Å². The Labute approximate surface area is 150 Å². The van der Waals surface area contributed by atoms with Crippen molar-refractivity contribution in [3.63, 3.8) is 0 Å². The Morgan fingerprint density at radius 3 is 2.33 bits per heavy atom. The van der Waals surface area contributed by atoms with Crippen molar-refractivity contribution in [3.8, 4) is 0 Å². The number of nitrogens with one attached hydrogen (secondary N) is 1. The molecule has 2 aromatic carbocycles. The molecule has 1 atom stereocenters. The van der Waals surface area contributed by atoms with E-state index in [9.17, 15) is 0 Å². The molecule has 0 radical (unpaired) electrons. The first-order valence-corrected chi connectivity index (χ1v) is 9.28. The molecule has 1 N–H and O–H groups in total. The summed E-state index contributed by atoms with van der Waals surface area (Å²) in [5.41, 5.74) is 3.72. The largest absolute Gasteiger partial charge is 0.342 e. The minimum absolute atomic E-state index is 0.472. The maximum absolute atomic E-state index is 5.76. The lowest BCUT2D eigenvalue weighted by atomic mass is 10.1. The molecule has 0 bridgehead atoms. The third-order valence-corrected chi connectivity index (χ3v) is 5.20. The fourth-order valence-electron chi connectivity index (χ4n) is 3.03. The van der Waals surface area contributed by atoms with Crippen LogP contribution < -0.4 is 5.32 Å². The SMILES string of the molecule is CCc1ccc(NC(=S)N(Cc2ccccc2)C(C)C2CC2)cc1. The molecule has 0 amide bonds. The molecule has 1 aliphatic rings. The van der Waals surface area contributed by atoms with Crippen molar-refractivity contribution in [1.29, 1.82) is 0 Å². The summed E-state index contributed by atoms with van der Waals surface area (Å²) in [4.78, 5) is 2.34. The van der Waals surface area contributed by atoms with Gasteiger partial charge in [-0.05, 0) is 67.6 Å². The normalized spacial score (nSPS) is 14.9. The highest BCUT2D eigenvalue weighted by atomic mass is 32.1. The van der Waals surface area contributed by atoms with Crippen LogP contribution in [-0.4, -0.2) is 16.1 Å². The highest BCUT2D eigenvalue weighted by molar-refractivity contribution is 7.80. The maximum Gasteiger partial charge on any atom is 0.173 e. The lowest BCUT2D eigenvalue weighted by molar-refractivity contribution is 0.298. The van der Waals surface area contributed by atoms with Gasteiger partial charge in [-0.15, -0.1) is 0 Å². The summed E-state index contributed by atoms with van der Waals surface area (Å²) in [6, 6.07) is 19.6. The van der Waals surface area contributed by atoms with Gasteiger partial charge in [0.15, 0.2) is 5.11 Å². The van der Waals surface area contributed by atoms with Gasteiger partial charge in [0.1, 0.15) is 0 Å². The van der Waals surface area contributed by atoms with Gasteiger partial charge in [-0.25, -0.2) is 0 Å². The molecule has 2 aromatic rings. The van der Waals surface area contributed by atoms with Gasteiger partial charge in [-0.3, -0.25) is 0 Å². The number of rotatable bonds is 6. The van der Waals surface area contributed by atoms with E-state index in [2.05, 4.69) is 78.7 Å². The summed E-state index contributed by atoms with van der Waals surface area (Å²) in [6.07, 6.45) is 3.70. The van der Waals surface area contributed by atoms with E-state index in [1.807, 2.05) is 0 Å². The number of nitrogens with zero attached hydrogens (tertiary/aromatic N) is 1. The van der Waals surface area contributed by atoms with Crippen LogP contribution in [0.25, 0.3) is 0 Å². The Morgan fingerprint density at radius 2 is 1.75 bits per heavy atom. The summed E-state index contributed by atoms with van der Waals surface area (Å²) in [6.45, 7) is 5.33. The average Bonchev–Trinajstić information content (AvgIpc) is 3.46. The lowest BCUT2D eigenvalue weighted by Crippen LogP contribution is -2.41.